The average Bonchev–Trinajstić information content (AvgIpc) is 3.07. The Balaban J connectivity index is 1.52. The molecule has 1 aromatic heterocycles. The minimum Gasteiger partial charge on any atom is -0.379 e. The van der Waals surface area contributed by atoms with E-state index >= 15 is 0 Å². The fourth-order valence-electron chi connectivity index (χ4n) is 3.45. The highest BCUT2D eigenvalue weighted by Crippen LogP contribution is 2.22. The summed E-state index contributed by atoms with van der Waals surface area (Å²) in [4.78, 5) is 17.3. The monoisotopic (exact) mass is 322 g/mol. The average molecular weight is 322 g/mol. The predicted octanol–water partition coefficient (Wildman–Crippen LogP) is 2.39. The maximum Gasteiger partial charge on any atom is 0.227 e. The highest BCUT2D eigenvalue weighted by Gasteiger charge is 2.27. The fraction of sp³-hybridized carbons (Fsp3) is 0.706. The van der Waals surface area contributed by atoms with Crippen LogP contribution >= 0.6 is 11.3 Å². The number of carbonyl (C=O) groups excluding carboxylic acids is 1. The number of ether oxygens (including phenoxy) is 1. The molecule has 5 heteroatoms. The Kier molecular flexibility index (Phi) is 5.87. The smallest absolute Gasteiger partial charge is 0.227 e. The van der Waals surface area contributed by atoms with Crippen LogP contribution in [0.5, 0.6) is 0 Å². The van der Waals surface area contributed by atoms with Gasteiger partial charge in [0.25, 0.3) is 0 Å². The number of hydrogen-bond donors (Lipinski definition) is 0. The first-order valence-electron chi connectivity index (χ1n) is 8.43. The summed E-state index contributed by atoms with van der Waals surface area (Å²) in [6, 6.07) is 2.50. The third kappa shape index (κ3) is 4.31. The normalized spacial score (nSPS) is 23.6. The number of nitrogens with zero attached hydrogens (tertiary/aromatic N) is 2. The molecule has 2 aliphatic rings. The van der Waals surface area contributed by atoms with Gasteiger partial charge in [0, 0.05) is 32.2 Å². The molecule has 0 saturated carbocycles. The molecule has 3 rings (SSSR count). The number of thiophene rings is 1. The second-order valence-electron chi connectivity index (χ2n) is 6.29. The van der Waals surface area contributed by atoms with Crippen molar-refractivity contribution >= 4 is 17.2 Å². The molecule has 0 aromatic carbocycles. The Morgan fingerprint density at radius 2 is 2.14 bits per heavy atom. The Morgan fingerprint density at radius 3 is 2.91 bits per heavy atom. The van der Waals surface area contributed by atoms with E-state index in [9.17, 15) is 4.79 Å². The van der Waals surface area contributed by atoms with E-state index in [-0.39, 0.29) is 0 Å². The van der Waals surface area contributed by atoms with Crippen LogP contribution < -0.4 is 0 Å². The largest absolute Gasteiger partial charge is 0.379 e. The van der Waals surface area contributed by atoms with Crippen molar-refractivity contribution in [1.82, 2.24) is 9.80 Å². The van der Waals surface area contributed by atoms with Crippen molar-refractivity contribution in [2.24, 2.45) is 0 Å². The zero-order valence-corrected chi connectivity index (χ0v) is 14.0. The lowest BCUT2D eigenvalue weighted by Crippen LogP contribution is -2.46. The molecule has 0 N–H and O–H groups in total. The molecular weight excluding hydrogens is 296 g/mol. The number of amides is 1. The first kappa shape index (κ1) is 16.0. The molecule has 0 aliphatic carbocycles. The zero-order chi connectivity index (χ0) is 15.2. The zero-order valence-electron chi connectivity index (χ0n) is 13.2. The molecule has 4 nitrogen and oxygen atoms in total. The Morgan fingerprint density at radius 1 is 1.27 bits per heavy atom. The van der Waals surface area contributed by atoms with Crippen molar-refractivity contribution in [3.63, 3.8) is 0 Å². The van der Waals surface area contributed by atoms with E-state index in [0.29, 0.717) is 18.4 Å². The van der Waals surface area contributed by atoms with Gasteiger partial charge < -0.3 is 9.64 Å². The van der Waals surface area contributed by atoms with Crippen molar-refractivity contribution < 1.29 is 9.53 Å². The number of likely N-dealkylation sites (tertiary alicyclic amines) is 1. The van der Waals surface area contributed by atoms with Gasteiger partial charge in [-0.15, -0.1) is 0 Å². The van der Waals surface area contributed by atoms with Crippen molar-refractivity contribution in [2.75, 3.05) is 39.4 Å². The molecule has 0 spiro atoms. The lowest BCUT2D eigenvalue weighted by Gasteiger charge is -2.37. The van der Waals surface area contributed by atoms with Gasteiger partial charge in [0.2, 0.25) is 5.91 Å². The van der Waals surface area contributed by atoms with E-state index in [4.69, 9.17) is 4.74 Å². The van der Waals surface area contributed by atoms with Gasteiger partial charge >= 0.3 is 0 Å². The number of piperidine rings is 1. The molecule has 0 bridgehead atoms. The third-order valence-electron chi connectivity index (χ3n) is 4.77. The molecule has 122 valence electrons. The van der Waals surface area contributed by atoms with Crippen LogP contribution in [0, 0.1) is 0 Å². The molecule has 1 atom stereocenters. The van der Waals surface area contributed by atoms with Gasteiger partial charge in [-0.3, -0.25) is 9.69 Å². The van der Waals surface area contributed by atoms with E-state index in [0.717, 1.165) is 57.8 Å². The van der Waals surface area contributed by atoms with Gasteiger partial charge in [-0.2, -0.15) is 11.3 Å². The first-order chi connectivity index (χ1) is 10.8. The minimum atomic E-state index is 0.310. The number of carbonyl (C=O) groups is 1. The highest BCUT2D eigenvalue weighted by molar-refractivity contribution is 7.07. The highest BCUT2D eigenvalue weighted by atomic mass is 32.1. The Bertz CT molecular complexity index is 457. The third-order valence-corrected chi connectivity index (χ3v) is 5.50. The van der Waals surface area contributed by atoms with E-state index in [2.05, 4.69) is 26.6 Å². The summed E-state index contributed by atoms with van der Waals surface area (Å²) in [6.45, 7) is 5.81. The summed E-state index contributed by atoms with van der Waals surface area (Å²) in [5.41, 5.74) is 1.16. The molecule has 0 unspecified atom stereocenters. The van der Waals surface area contributed by atoms with Gasteiger partial charge in [0.05, 0.1) is 19.6 Å². The van der Waals surface area contributed by atoms with Crippen LogP contribution in [-0.2, 0) is 16.0 Å². The standard InChI is InChI=1S/C17H26N2O2S/c20-17(13-15-5-12-22-14-15)19-6-2-1-3-16(19)4-7-18-8-10-21-11-9-18/h5,12,14,16H,1-4,6-11,13H2/t16-/m0/s1. The van der Waals surface area contributed by atoms with Crippen LogP contribution in [-0.4, -0.2) is 61.1 Å². The summed E-state index contributed by atoms with van der Waals surface area (Å²) in [5.74, 6) is 0.310. The van der Waals surface area contributed by atoms with Crippen LogP contribution in [0.4, 0.5) is 0 Å². The van der Waals surface area contributed by atoms with Crippen LogP contribution in [0.3, 0.4) is 0 Å². The molecule has 1 aromatic rings. The Hall–Kier alpha value is -0.910. The van der Waals surface area contributed by atoms with Gasteiger partial charge in [0.15, 0.2) is 0 Å². The molecule has 2 saturated heterocycles. The van der Waals surface area contributed by atoms with Gasteiger partial charge in [0.1, 0.15) is 0 Å². The van der Waals surface area contributed by atoms with E-state index in [1.807, 2.05) is 0 Å². The van der Waals surface area contributed by atoms with E-state index < -0.39 is 0 Å². The number of morpholine rings is 1. The predicted molar refractivity (Wildman–Crippen MR) is 89.3 cm³/mol. The number of rotatable bonds is 5. The SMILES string of the molecule is O=C(Cc1ccsc1)N1CCCC[C@H]1CCN1CCOCC1. The maximum atomic E-state index is 12.6. The molecule has 3 heterocycles. The molecule has 22 heavy (non-hydrogen) atoms. The second kappa shape index (κ2) is 8.09. The van der Waals surface area contributed by atoms with Crippen molar-refractivity contribution in [3.05, 3.63) is 22.4 Å². The molecule has 1 amide bonds. The van der Waals surface area contributed by atoms with Crippen LogP contribution in [0.25, 0.3) is 0 Å². The van der Waals surface area contributed by atoms with Gasteiger partial charge in [-0.05, 0) is 48.1 Å². The van der Waals surface area contributed by atoms with Crippen molar-refractivity contribution in [3.8, 4) is 0 Å². The summed E-state index contributed by atoms with van der Waals surface area (Å²) >= 11 is 1.67. The Labute approximate surface area is 137 Å². The minimum absolute atomic E-state index is 0.310. The summed E-state index contributed by atoms with van der Waals surface area (Å²) < 4.78 is 5.40. The molecule has 0 radical (unpaired) electrons. The van der Waals surface area contributed by atoms with Gasteiger partial charge in [-0.25, -0.2) is 0 Å². The fourth-order valence-corrected chi connectivity index (χ4v) is 4.12. The molecule has 2 aliphatic heterocycles. The lowest BCUT2D eigenvalue weighted by molar-refractivity contribution is -0.134. The van der Waals surface area contributed by atoms with Crippen molar-refractivity contribution in [2.45, 2.75) is 38.1 Å². The topological polar surface area (TPSA) is 32.8 Å². The summed E-state index contributed by atoms with van der Waals surface area (Å²) in [5, 5.41) is 4.14. The first-order valence-corrected chi connectivity index (χ1v) is 9.38. The summed E-state index contributed by atoms with van der Waals surface area (Å²) in [6.07, 6.45) is 5.26. The quantitative estimate of drug-likeness (QED) is 0.834. The van der Waals surface area contributed by atoms with Crippen LogP contribution in [0.15, 0.2) is 16.8 Å². The van der Waals surface area contributed by atoms with Crippen LogP contribution in [0.1, 0.15) is 31.2 Å². The molecule has 2 fully saturated rings. The van der Waals surface area contributed by atoms with E-state index in [1.165, 1.54) is 12.8 Å². The van der Waals surface area contributed by atoms with E-state index in [1.54, 1.807) is 11.3 Å². The van der Waals surface area contributed by atoms with Gasteiger partial charge in [-0.1, -0.05) is 0 Å². The van der Waals surface area contributed by atoms with Crippen molar-refractivity contribution in [1.29, 1.82) is 0 Å². The number of hydrogen-bond acceptors (Lipinski definition) is 4. The summed E-state index contributed by atoms with van der Waals surface area (Å²) in [7, 11) is 0. The maximum absolute atomic E-state index is 12.6. The lowest BCUT2D eigenvalue weighted by atomic mass is 9.98. The second-order valence-corrected chi connectivity index (χ2v) is 7.07. The molecular formula is C17H26N2O2S. The van der Waals surface area contributed by atoms with Crippen LogP contribution in [0.2, 0.25) is 0 Å².